The zero-order valence-corrected chi connectivity index (χ0v) is 8.13. The second kappa shape index (κ2) is 3.94. The van der Waals surface area contributed by atoms with Gasteiger partial charge in [0.2, 0.25) is 0 Å². The molecule has 1 aromatic rings. The smallest absolute Gasteiger partial charge is 0.126 e. The van der Waals surface area contributed by atoms with E-state index in [0.29, 0.717) is 0 Å². The summed E-state index contributed by atoms with van der Waals surface area (Å²) in [7, 11) is 1.66. The standard InChI is InChI=1S/C12H14O/c1-5-10-6-7-11(9(2)3)8-12(10)13-4/h5-8H,1-2H2,3-4H3. The molecule has 0 fully saturated rings. The van der Waals surface area contributed by atoms with Gasteiger partial charge < -0.3 is 4.74 Å². The maximum Gasteiger partial charge on any atom is 0.126 e. The van der Waals surface area contributed by atoms with Crippen LogP contribution in [0.3, 0.4) is 0 Å². The maximum atomic E-state index is 5.21. The molecule has 1 aromatic carbocycles. The number of hydrogen-bond donors (Lipinski definition) is 0. The molecule has 68 valence electrons. The number of benzene rings is 1. The molecule has 1 rings (SSSR count). The van der Waals surface area contributed by atoms with E-state index in [0.717, 1.165) is 22.4 Å². The van der Waals surface area contributed by atoms with Crippen molar-refractivity contribution >= 4 is 11.6 Å². The van der Waals surface area contributed by atoms with Gasteiger partial charge in [0.15, 0.2) is 0 Å². The van der Waals surface area contributed by atoms with Crippen molar-refractivity contribution in [2.75, 3.05) is 7.11 Å². The minimum absolute atomic E-state index is 0.843. The Balaban J connectivity index is 3.20. The molecule has 0 aliphatic carbocycles. The van der Waals surface area contributed by atoms with E-state index in [-0.39, 0.29) is 0 Å². The third-order valence-corrected chi connectivity index (χ3v) is 1.95. The van der Waals surface area contributed by atoms with Gasteiger partial charge in [-0.25, -0.2) is 0 Å². The van der Waals surface area contributed by atoms with Crippen LogP contribution in [-0.4, -0.2) is 7.11 Å². The summed E-state index contributed by atoms with van der Waals surface area (Å²) in [6, 6.07) is 5.97. The molecule has 0 radical (unpaired) electrons. The van der Waals surface area contributed by atoms with E-state index in [1.165, 1.54) is 0 Å². The molecular weight excluding hydrogens is 160 g/mol. The molecule has 0 amide bonds. The second-order valence-electron chi connectivity index (χ2n) is 2.94. The summed E-state index contributed by atoms with van der Waals surface area (Å²) in [5, 5.41) is 0. The highest BCUT2D eigenvalue weighted by atomic mass is 16.5. The SMILES string of the molecule is C=Cc1ccc(C(=C)C)cc1OC. The van der Waals surface area contributed by atoms with Crippen LogP contribution in [0.25, 0.3) is 11.6 Å². The zero-order valence-electron chi connectivity index (χ0n) is 8.13. The molecule has 0 aliphatic rings. The molecule has 1 nitrogen and oxygen atoms in total. The lowest BCUT2D eigenvalue weighted by atomic mass is 10.1. The van der Waals surface area contributed by atoms with Gasteiger partial charge in [0.05, 0.1) is 7.11 Å². The molecule has 1 heteroatoms. The van der Waals surface area contributed by atoms with Gasteiger partial charge in [0.25, 0.3) is 0 Å². The Bertz CT molecular complexity index is 337. The Morgan fingerprint density at radius 1 is 1.46 bits per heavy atom. The van der Waals surface area contributed by atoms with Gasteiger partial charge in [-0.05, 0) is 18.6 Å². The van der Waals surface area contributed by atoms with Crippen LogP contribution in [0, 0.1) is 0 Å². The molecule has 0 aliphatic heterocycles. The van der Waals surface area contributed by atoms with E-state index in [9.17, 15) is 0 Å². The van der Waals surface area contributed by atoms with Crippen LogP contribution < -0.4 is 4.74 Å². The van der Waals surface area contributed by atoms with Crippen LogP contribution in [0.15, 0.2) is 31.4 Å². The van der Waals surface area contributed by atoms with Crippen molar-refractivity contribution in [3.05, 3.63) is 42.5 Å². The van der Waals surface area contributed by atoms with Gasteiger partial charge in [0, 0.05) is 5.56 Å². The summed E-state index contributed by atoms with van der Waals surface area (Å²) in [6.07, 6.45) is 1.78. The fourth-order valence-corrected chi connectivity index (χ4v) is 1.15. The number of ether oxygens (including phenoxy) is 1. The Hall–Kier alpha value is -1.50. The fraction of sp³-hybridized carbons (Fsp3) is 0.167. The first-order valence-corrected chi connectivity index (χ1v) is 4.15. The third-order valence-electron chi connectivity index (χ3n) is 1.95. The number of hydrogen-bond acceptors (Lipinski definition) is 1. The highest BCUT2D eigenvalue weighted by Gasteiger charge is 2.01. The summed E-state index contributed by atoms with van der Waals surface area (Å²) < 4.78 is 5.21. The van der Waals surface area contributed by atoms with Gasteiger partial charge in [-0.15, -0.1) is 0 Å². The molecule has 0 aromatic heterocycles. The van der Waals surface area contributed by atoms with Gasteiger partial charge >= 0.3 is 0 Å². The monoisotopic (exact) mass is 174 g/mol. The van der Waals surface area contributed by atoms with Crippen molar-refractivity contribution in [1.82, 2.24) is 0 Å². The van der Waals surface area contributed by atoms with Gasteiger partial charge in [0.1, 0.15) is 5.75 Å². The van der Waals surface area contributed by atoms with E-state index in [2.05, 4.69) is 13.2 Å². The van der Waals surface area contributed by atoms with Crippen molar-refractivity contribution in [1.29, 1.82) is 0 Å². The average molecular weight is 174 g/mol. The summed E-state index contributed by atoms with van der Waals surface area (Å²) in [6.45, 7) is 9.56. The summed E-state index contributed by atoms with van der Waals surface area (Å²) in [5.41, 5.74) is 3.14. The number of methoxy groups -OCH3 is 1. The van der Waals surface area contributed by atoms with Crippen molar-refractivity contribution in [2.45, 2.75) is 6.92 Å². The Morgan fingerprint density at radius 2 is 2.15 bits per heavy atom. The van der Waals surface area contributed by atoms with Crippen LogP contribution in [0.1, 0.15) is 18.1 Å². The predicted molar refractivity (Wildman–Crippen MR) is 57.8 cm³/mol. The summed E-state index contributed by atoms with van der Waals surface area (Å²) in [5.74, 6) is 0.843. The van der Waals surface area contributed by atoms with Gasteiger partial charge in [-0.1, -0.05) is 36.9 Å². The summed E-state index contributed by atoms with van der Waals surface area (Å²) >= 11 is 0. The second-order valence-corrected chi connectivity index (χ2v) is 2.94. The molecule has 0 saturated heterocycles. The Labute approximate surface area is 79.4 Å². The lowest BCUT2D eigenvalue weighted by Gasteiger charge is -2.07. The molecule has 0 saturated carbocycles. The largest absolute Gasteiger partial charge is 0.496 e. The van der Waals surface area contributed by atoms with Crippen LogP contribution >= 0.6 is 0 Å². The van der Waals surface area contributed by atoms with E-state index >= 15 is 0 Å². The molecule has 0 N–H and O–H groups in total. The van der Waals surface area contributed by atoms with Crippen molar-refractivity contribution < 1.29 is 4.74 Å². The molecule has 0 atom stereocenters. The highest BCUT2D eigenvalue weighted by molar-refractivity contribution is 5.67. The topological polar surface area (TPSA) is 9.23 Å². The van der Waals surface area contributed by atoms with Gasteiger partial charge in [-0.3, -0.25) is 0 Å². The maximum absolute atomic E-state index is 5.21. The third kappa shape index (κ3) is 2.00. The fourth-order valence-electron chi connectivity index (χ4n) is 1.15. The first-order chi connectivity index (χ1) is 6.19. The molecule has 0 spiro atoms. The Morgan fingerprint density at radius 3 is 2.62 bits per heavy atom. The van der Waals surface area contributed by atoms with E-state index in [1.807, 2.05) is 25.1 Å². The molecule has 0 unspecified atom stereocenters. The molecule has 13 heavy (non-hydrogen) atoms. The lowest BCUT2D eigenvalue weighted by Crippen LogP contribution is -1.88. The van der Waals surface area contributed by atoms with Crippen molar-refractivity contribution in [3.63, 3.8) is 0 Å². The minimum Gasteiger partial charge on any atom is -0.496 e. The van der Waals surface area contributed by atoms with E-state index in [4.69, 9.17) is 4.74 Å². The van der Waals surface area contributed by atoms with Crippen molar-refractivity contribution in [2.24, 2.45) is 0 Å². The molecule has 0 bridgehead atoms. The molecular formula is C12H14O. The first-order valence-electron chi connectivity index (χ1n) is 4.15. The zero-order chi connectivity index (χ0) is 9.84. The van der Waals surface area contributed by atoms with Crippen LogP contribution in [0.4, 0.5) is 0 Å². The lowest BCUT2D eigenvalue weighted by molar-refractivity contribution is 0.413. The van der Waals surface area contributed by atoms with Crippen molar-refractivity contribution in [3.8, 4) is 5.75 Å². The number of allylic oxidation sites excluding steroid dienone is 1. The molecule has 0 heterocycles. The van der Waals surface area contributed by atoms with Crippen LogP contribution in [-0.2, 0) is 0 Å². The van der Waals surface area contributed by atoms with Crippen LogP contribution in [0.2, 0.25) is 0 Å². The van der Waals surface area contributed by atoms with E-state index in [1.54, 1.807) is 13.2 Å². The Kier molecular flexibility index (Phi) is 2.91. The normalized spacial score (nSPS) is 9.38. The average Bonchev–Trinajstić information content (AvgIpc) is 2.16. The van der Waals surface area contributed by atoms with Crippen LogP contribution in [0.5, 0.6) is 5.75 Å². The first kappa shape index (κ1) is 9.59. The highest BCUT2D eigenvalue weighted by Crippen LogP contribution is 2.24. The predicted octanol–water partition coefficient (Wildman–Crippen LogP) is 3.37. The quantitative estimate of drug-likeness (QED) is 0.682. The van der Waals surface area contributed by atoms with E-state index < -0.39 is 0 Å². The number of rotatable bonds is 3. The van der Waals surface area contributed by atoms with Gasteiger partial charge in [-0.2, -0.15) is 0 Å². The summed E-state index contributed by atoms with van der Waals surface area (Å²) in [4.78, 5) is 0. The minimum atomic E-state index is 0.843.